The summed E-state index contributed by atoms with van der Waals surface area (Å²) < 4.78 is 0. The molecule has 0 aromatic heterocycles. The van der Waals surface area contributed by atoms with E-state index < -0.39 is 0 Å². The molecule has 0 spiro atoms. The Morgan fingerprint density at radius 1 is 1.00 bits per heavy atom. The molecule has 5 nitrogen and oxygen atoms in total. The number of carbonyl (C=O) groups excluding carboxylic acids is 2. The highest BCUT2D eigenvalue weighted by Crippen LogP contribution is 2.15. The molecule has 0 unspecified atom stereocenters. The number of aromatic hydroxyl groups is 1. The summed E-state index contributed by atoms with van der Waals surface area (Å²) in [5.74, 6) is 0.196. The summed E-state index contributed by atoms with van der Waals surface area (Å²) in [6.07, 6.45) is 1.61. The second kappa shape index (κ2) is 8.87. The van der Waals surface area contributed by atoms with Crippen LogP contribution in [-0.2, 0) is 17.6 Å². The quantitative estimate of drug-likeness (QED) is 0.813. The predicted octanol–water partition coefficient (Wildman–Crippen LogP) is 2.39. The van der Waals surface area contributed by atoms with Crippen LogP contribution in [0.15, 0.2) is 48.5 Å². The first-order valence-corrected chi connectivity index (χ1v) is 8.31. The van der Waals surface area contributed by atoms with Crippen LogP contribution in [0.4, 0.5) is 0 Å². The van der Waals surface area contributed by atoms with Crippen LogP contribution >= 0.6 is 0 Å². The van der Waals surface area contributed by atoms with Crippen molar-refractivity contribution in [2.45, 2.75) is 19.3 Å². The van der Waals surface area contributed by atoms with E-state index in [1.165, 1.54) is 4.90 Å². The highest BCUT2D eigenvalue weighted by atomic mass is 16.3. The molecule has 0 saturated carbocycles. The lowest BCUT2D eigenvalue weighted by atomic mass is 10.1. The normalized spacial score (nSPS) is 10.3. The summed E-state index contributed by atoms with van der Waals surface area (Å²) >= 11 is 0. The molecule has 0 bridgehead atoms. The summed E-state index contributed by atoms with van der Waals surface area (Å²) in [5.41, 5.74) is 2.48. The zero-order chi connectivity index (χ0) is 18.2. The van der Waals surface area contributed by atoms with Gasteiger partial charge in [0.15, 0.2) is 0 Å². The number of hydrogen-bond acceptors (Lipinski definition) is 3. The van der Waals surface area contributed by atoms with E-state index in [0.29, 0.717) is 31.4 Å². The van der Waals surface area contributed by atoms with Gasteiger partial charge in [0, 0.05) is 32.6 Å². The molecule has 0 fully saturated rings. The molecular weight excluding hydrogens is 316 g/mol. The monoisotopic (exact) mass is 340 g/mol. The summed E-state index contributed by atoms with van der Waals surface area (Å²) in [7, 11) is 3.44. The van der Waals surface area contributed by atoms with Crippen LogP contribution < -0.4 is 5.32 Å². The first kappa shape index (κ1) is 18.5. The van der Waals surface area contributed by atoms with E-state index in [0.717, 1.165) is 11.1 Å². The lowest BCUT2D eigenvalue weighted by molar-refractivity contribution is -0.121. The van der Waals surface area contributed by atoms with Gasteiger partial charge in [-0.3, -0.25) is 9.59 Å². The minimum atomic E-state index is -0.0338. The number of hydrogen-bond donors (Lipinski definition) is 2. The highest BCUT2D eigenvalue weighted by molar-refractivity contribution is 5.93. The molecule has 2 rings (SSSR count). The van der Waals surface area contributed by atoms with E-state index in [2.05, 4.69) is 5.32 Å². The Hall–Kier alpha value is -2.82. The van der Waals surface area contributed by atoms with Gasteiger partial charge in [0.05, 0.1) is 0 Å². The second-order valence-corrected chi connectivity index (χ2v) is 6.13. The van der Waals surface area contributed by atoms with Gasteiger partial charge in [0.1, 0.15) is 5.75 Å². The van der Waals surface area contributed by atoms with E-state index in [4.69, 9.17) is 0 Å². The number of nitrogens with zero attached hydrogens (tertiary/aromatic N) is 1. The number of para-hydroxylation sites is 1. The van der Waals surface area contributed by atoms with Crippen LogP contribution in [0.2, 0.25) is 0 Å². The fraction of sp³-hybridized carbons (Fsp3) is 0.300. The number of rotatable bonds is 7. The van der Waals surface area contributed by atoms with E-state index >= 15 is 0 Å². The lowest BCUT2D eigenvalue weighted by Gasteiger charge is -2.10. The van der Waals surface area contributed by atoms with Gasteiger partial charge in [-0.1, -0.05) is 30.3 Å². The number of nitrogens with one attached hydrogen (secondary N) is 1. The van der Waals surface area contributed by atoms with Crippen molar-refractivity contribution < 1.29 is 14.7 Å². The molecule has 0 radical (unpaired) electrons. The maximum absolute atomic E-state index is 11.9. The summed E-state index contributed by atoms with van der Waals surface area (Å²) in [6, 6.07) is 14.5. The third-order valence-corrected chi connectivity index (χ3v) is 3.96. The Labute approximate surface area is 148 Å². The topological polar surface area (TPSA) is 69.6 Å². The first-order valence-electron chi connectivity index (χ1n) is 8.31. The summed E-state index contributed by atoms with van der Waals surface area (Å²) in [5, 5.41) is 12.5. The molecule has 0 heterocycles. The average molecular weight is 340 g/mol. The molecule has 0 atom stereocenters. The third-order valence-electron chi connectivity index (χ3n) is 3.96. The molecule has 0 aliphatic heterocycles. The van der Waals surface area contributed by atoms with Crippen LogP contribution in [0.1, 0.15) is 27.9 Å². The molecule has 2 aromatic carbocycles. The molecule has 25 heavy (non-hydrogen) atoms. The van der Waals surface area contributed by atoms with Gasteiger partial charge in [0.2, 0.25) is 5.91 Å². The molecule has 5 heteroatoms. The van der Waals surface area contributed by atoms with Crippen LogP contribution in [0.5, 0.6) is 5.75 Å². The number of carbonyl (C=O) groups is 2. The zero-order valence-electron chi connectivity index (χ0n) is 14.7. The highest BCUT2D eigenvalue weighted by Gasteiger charge is 2.08. The van der Waals surface area contributed by atoms with Crippen molar-refractivity contribution >= 4 is 11.8 Å². The lowest BCUT2D eigenvalue weighted by Crippen LogP contribution is -2.25. The van der Waals surface area contributed by atoms with Crippen molar-refractivity contribution in [3.8, 4) is 5.75 Å². The minimum Gasteiger partial charge on any atom is -0.508 e. The zero-order valence-corrected chi connectivity index (χ0v) is 14.7. The molecule has 132 valence electrons. The fourth-order valence-electron chi connectivity index (χ4n) is 2.48. The van der Waals surface area contributed by atoms with E-state index in [9.17, 15) is 14.7 Å². The second-order valence-electron chi connectivity index (χ2n) is 6.13. The van der Waals surface area contributed by atoms with Gasteiger partial charge in [-0.05, 0) is 42.2 Å². The Bertz CT molecular complexity index is 724. The maximum atomic E-state index is 11.9. The molecule has 2 aromatic rings. The standard InChI is InChI=1S/C20H24N2O3/c1-22(2)20(25)17-10-7-15(8-11-17)9-12-19(24)21-14-13-16-5-3-4-6-18(16)23/h3-8,10-11,23H,9,12-14H2,1-2H3,(H,21,24). The van der Waals surface area contributed by atoms with Crippen molar-refractivity contribution in [2.24, 2.45) is 0 Å². The van der Waals surface area contributed by atoms with E-state index in [1.54, 1.807) is 38.4 Å². The minimum absolute atomic E-state index is 0.0242. The number of phenols is 1. The smallest absolute Gasteiger partial charge is 0.253 e. The van der Waals surface area contributed by atoms with Crippen molar-refractivity contribution in [3.05, 3.63) is 65.2 Å². The molecule has 2 amide bonds. The largest absolute Gasteiger partial charge is 0.508 e. The van der Waals surface area contributed by atoms with Crippen LogP contribution in [-0.4, -0.2) is 42.5 Å². The van der Waals surface area contributed by atoms with E-state index in [-0.39, 0.29) is 17.6 Å². The number of phenolic OH excluding ortho intramolecular Hbond substituents is 1. The van der Waals surface area contributed by atoms with Crippen LogP contribution in [0.25, 0.3) is 0 Å². The molecule has 0 saturated heterocycles. The third kappa shape index (κ3) is 5.64. The van der Waals surface area contributed by atoms with Gasteiger partial charge in [0.25, 0.3) is 5.91 Å². The number of benzene rings is 2. The van der Waals surface area contributed by atoms with Gasteiger partial charge >= 0.3 is 0 Å². The van der Waals surface area contributed by atoms with E-state index in [1.807, 2.05) is 24.3 Å². The Morgan fingerprint density at radius 2 is 1.68 bits per heavy atom. The molecule has 0 aliphatic carbocycles. The maximum Gasteiger partial charge on any atom is 0.253 e. The Balaban J connectivity index is 1.74. The Morgan fingerprint density at radius 3 is 2.32 bits per heavy atom. The summed E-state index contributed by atoms with van der Waals surface area (Å²) in [6.45, 7) is 0.493. The summed E-state index contributed by atoms with van der Waals surface area (Å²) in [4.78, 5) is 25.3. The predicted molar refractivity (Wildman–Crippen MR) is 97.6 cm³/mol. The van der Waals surface area contributed by atoms with Crippen molar-refractivity contribution in [2.75, 3.05) is 20.6 Å². The molecular formula is C20H24N2O3. The van der Waals surface area contributed by atoms with Crippen LogP contribution in [0.3, 0.4) is 0 Å². The SMILES string of the molecule is CN(C)C(=O)c1ccc(CCC(=O)NCCc2ccccc2O)cc1. The van der Waals surface area contributed by atoms with Crippen molar-refractivity contribution in [1.82, 2.24) is 10.2 Å². The average Bonchev–Trinajstić information content (AvgIpc) is 2.61. The molecule has 2 N–H and O–H groups in total. The van der Waals surface area contributed by atoms with Crippen molar-refractivity contribution in [1.29, 1.82) is 0 Å². The molecule has 0 aliphatic rings. The first-order chi connectivity index (χ1) is 12.0. The van der Waals surface area contributed by atoms with Gasteiger partial charge in [-0.15, -0.1) is 0 Å². The number of amides is 2. The van der Waals surface area contributed by atoms with Crippen molar-refractivity contribution in [3.63, 3.8) is 0 Å². The Kier molecular flexibility index (Phi) is 6.57. The van der Waals surface area contributed by atoms with Gasteiger partial charge in [-0.25, -0.2) is 0 Å². The van der Waals surface area contributed by atoms with Gasteiger partial charge in [-0.2, -0.15) is 0 Å². The fourth-order valence-corrected chi connectivity index (χ4v) is 2.48. The van der Waals surface area contributed by atoms with Gasteiger partial charge < -0.3 is 15.3 Å². The number of aryl methyl sites for hydroxylation is 1. The van der Waals surface area contributed by atoms with Crippen LogP contribution in [0, 0.1) is 0 Å².